The van der Waals surface area contributed by atoms with Gasteiger partial charge in [-0.05, 0) is 62.4 Å². The standard InChI is InChI=1S/C21H21N5S/c1-14-9-10-23-20(11-14)26-19-4-2-3-17(25-19)18-13-24-21(27-18)16-7-5-15(12-22)6-8-16/h2-4,9-11,13,15-16H,5-8H2,1H3,(H,23,25,26). The van der Waals surface area contributed by atoms with Gasteiger partial charge in [0.1, 0.15) is 11.6 Å². The topological polar surface area (TPSA) is 74.5 Å². The predicted octanol–water partition coefficient (Wildman–Crippen LogP) is 5.45. The molecule has 4 rings (SSSR count). The van der Waals surface area contributed by atoms with Gasteiger partial charge in [0.25, 0.3) is 0 Å². The molecular formula is C21H21N5S. The SMILES string of the molecule is Cc1ccnc(Nc2cccc(-c3cnc(C4CCC(C#N)CC4)s3)n2)c1. The van der Waals surface area contributed by atoms with Crippen LogP contribution in [-0.2, 0) is 0 Å². The van der Waals surface area contributed by atoms with E-state index in [1.54, 1.807) is 17.5 Å². The summed E-state index contributed by atoms with van der Waals surface area (Å²) in [6.07, 6.45) is 7.79. The number of anilines is 2. The maximum atomic E-state index is 9.07. The van der Waals surface area contributed by atoms with Gasteiger partial charge in [-0.15, -0.1) is 11.3 Å². The molecule has 1 N–H and O–H groups in total. The Morgan fingerprint density at radius 2 is 1.96 bits per heavy atom. The molecule has 27 heavy (non-hydrogen) atoms. The molecule has 5 nitrogen and oxygen atoms in total. The Bertz CT molecular complexity index is 966. The van der Waals surface area contributed by atoms with Crippen LogP contribution in [0.5, 0.6) is 0 Å². The Kier molecular flexibility index (Phi) is 5.12. The summed E-state index contributed by atoms with van der Waals surface area (Å²) in [4.78, 5) is 14.8. The minimum Gasteiger partial charge on any atom is -0.325 e. The van der Waals surface area contributed by atoms with E-state index < -0.39 is 0 Å². The highest BCUT2D eigenvalue weighted by molar-refractivity contribution is 7.15. The first-order chi connectivity index (χ1) is 13.2. The summed E-state index contributed by atoms with van der Waals surface area (Å²) in [6.45, 7) is 2.04. The first-order valence-corrected chi connectivity index (χ1v) is 10.1. The third-order valence-corrected chi connectivity index (χ3v) is 6.14. The maximum Gasteiger partial charge on any atom is 0.132 e. The molecule has 3 aromatic heterocycles. The van der Waals surface area contributed by atoms with E-state index in [-0.39, 0.29) is 5.92 Å². The molecule has 0 saturated heterocycles. The monoisotopic (exact) mass is 375 g/mol. The number of nitrogens with zero attached hydrogens (tertiary/aromatic N) is 4. The number of nitrogens with one attached hydrogen (secondary N) is 1. The van der Waals surface area contributed by atoms with Crippen LogP contribution >= 0.6 is 11.3 Å². The molecule has 0 radical (unpaired) electrons. The molecule has 136 valence electrons. The summed E-state index contributed by atoms with van der Waals surface area (Å²) in [7, 11) is 0. The second-order valence-corrected chi connectivity index (χ2v) is 8.05. The fraction of sp³-hybridized carbons (Fsp3) is 0.333. The molecule has 6 heteroatoms. The van der Waals surface area contributed by atoms with E-state index in [9.17, 15) is 0 Å². The van der Waals surface area contributed by atoms with Crippen LogP contribution < -0.4 is 5.32 Å². The molecule has 1 aliphatic carbocycles. The number of rotatable bonds is 4. The molecule has 3 heterocycles. The summed E-state index contributed by atoms with van der Waals surface area (Å²) in [5.41, 5.74) is 2.07. The largest absolute Gasteiger partial charge is 0.325 e. The van der Waals surface area contributed by atoms with Gasteiger partial charge >= 0.3 is 0 Å². The second kappa shape index (κ2) is 7.85. The zero-order valence-electron chi connectivity index (χ0n) is 15.2. The number of thiazole rings is 1. The zero-order chi connectivity index (χ0) is 18.6. The van der Waals surface area contributed by atoms with Crippen molar-refractivity contribution in [3.05, 3.63) is 53.3 Å². The van der Waals surface area contributed by atoms with Crippen molar-refractivity contribution in [1.29, 1.82) is 5.26 Å². The summed E-state index contributed by atoms with van der Waals surface area (Å²) < 4.78 is 0. The molecule has 0 aliphatic heterocycles. The predicted molar refractivity (Wildman–Crippen MR) is 108 cm³/mol. The molecule has 0 bridgehead atoms. The number of pyridine rings is 2. The summed E-state index contributed by atoms with van der Waals surface area (Å²) in [5.74, 6) is 2.26. The van der Waals surface area contributed by atoms with Gasteiger partial charge in [0.15, 0.2) is 0 Å². The van der Waals surface area contributed by atoms with Crippen molar-refractivity contribution < 1.29 is 0 Å². The van der Waals surface area contributed by atoms with Crippen LogP contribution in [0.2, 0.25) is 0 Å². The van der Waals surface area contributed by atoms with E-state index in [2.05, 4.69) is 21.4 Å². The number of nitriles is 1. The molecule has 0 amide bonds. The molecule has 0 atom stereocenters. The molecule has 1 saturated carbocycles. The van der Waals surface area contributed by atoms with Crippen molar-refractivity contribution in [2.75, 3.05) is 5.32 Å². The van der Waals surface area contributed by atoms with Crippen molar-refractivity contribution in [2.45, 2.75) is 38.5 Å². The van der Waals surface area contributed by atoms with Gasteiger partial charge in [0.2, 0.25) is 0 Å². The Hall–Kier alpha value is -2.78. The average molecular weight is 376 g/mol. The Morgan fingerprint density at radius 3 is 2.74 bits per heavy atom. The lowest BCUT2D eigenvalue weighted by Crippen LogP contribution is -2.11. The van der Waals surface area contributed by atoms with E-state index in [4.69, 9.17) is 10.2 Å². The third-order valence-electron chi connectivity index (χ3n) is 4.96. The van der Waals surface area contributed by atoms with Gasteiger partial charge in [-0.3, -0.25) is 0 Å². The first-order valence-electron chi connectivity index (χ1n) is 9.24. The molecule has 1 aliphatic rings. The van der Waals surface area contributed by atoms with Crippen LogP contribution in [0.4, 0.5) is 11.6 Å². The quantitative estimate of drug-likeness (QED) is 0.656. The maximum absolute atomic E-state index is 9.07. The Morgan fingerprint density at radius 1 is 1.11 bits per heavy atom. The van der Waals surface area contributed by atoms with Crippen molar-refractivity contribution in [1.82, 2.24) is 15.0 Å². The number of aromatic nitrogens is 3. The molecule has 1 fully saturated rings. The number of hydrogen-bond acceptors (Lipinski definition) is 6. The normalized spacial score (nSPS) is 19.4. The van der Waals surface area contributed by atoms with Crippen LogP contribution in [0.25, 0.3) is 10.6 Å². The molecule has 0 spiro atoms. The van der Waals surface area contributed by atoms with Crippen molar-refractivity contribution in [2.24, 2.45) is 5.92 Å². The highest BCUT2D eigenvalue weighted by atomic mass is 32.1. The molecule has 0 aromatic carbocycles. The van der Waals surface area contributed by atoms with E-state index in [1.807, 2.05) is 43.5 Å². The van der Waals surface area contributed by atoms with Crippen LogP contribution in [0.1, 0.15) is 42.2 Å². The van der Waals surface area contributed by atoms with Gasteiger partial charge in [-0.2, -0.15) is 5.26 Å². The third kappa shape index (κ3) is 4.15. The molecule has 0 unspecified atom stereocenters. The van der Waals surface area contributed by atoms with Crippen LogP contribution in [0.3, 0.4) is 0 Å². The van der Waals surface area contributed by atoms with Gasteiger partial charge in [-0.25, -0.2) is 15.0 Å². The Labute approximate surface area is 163 Å². The fourth-order valence-corrected chi connectivity index (χ4v) is 4.50. The van der Waals surface area contributed by atoms with Crippen LogP contribution in [0.15, 0.2) is 42.7 Å². The van der Waals surface area contributed by atoms with Gasteiger partial charge < -0.3 is 5.32 Å². The van der Waals surface area contributed by atoms with Crippen molar-refractivity contribution in [3.63, 3.8) is 0 Å². The highest BCUT2D eigenvalue weighted by Crippen LogP contribution is 2.39. The second-order valence-electron chi connectivity index (χ2n) is 6.99. The van der Waals surface area contributed by atoms with Gasteiger partial charge in [0, 0.05) is 24.2 Å². The van der Waals surface area contributed by atoms with Crippen molar-refractivity contribution >= 4 is 23.0 Å². The number of aryl methyl sites for hydroxylation is 1. The minimum atomic E-state index is 0.223. The van der Waals surface area contributed by atoms with E-state index >= 15 is 0 Å². The molecular weight excluding hydrogens is 354 g/mol. The molecule has 3 aromatic rings. The van der Waals surface area contributed by atoms with Crippen LogP contribution in [-0.4, -0.2) is 15.0 Å². The van der Waals surface area contributed by atoms with Crippen LogP contribution in [0, 0.1) is 24.2 Å². The van der Waals surface area contributed by atoms with Gasteiger partial charge in [-0.1, -0.05) is 6.07 Å². The minimum absolute atomic E-state index is 0.223. The Balaban J connectivity index is 1.49. The average Bonchev–Trinajstić information content (AvgIpc) is 3.19. The summed E-state index contributed by atoms with van der Waals surface area (Å²) in [5, 5.41) is 13.5. The zero-order valence-corrected chi connectivity index (χ0v) is 16.0. The van der Waals surface area contributed by atoms with Gasteiger partial charge in [0.05, 0.1) is 21.6 Å². The first kappa shape index (κ1) is 17.6. The smallest absolute Gasteiger partial charge is 0.132 e. The lowest BCUT2D eigenvalue weighted by molar-refractivity contribution is 0.381. The van der Waals surface area contributed by atoms with E-state index in [0.29, 0.717) is 5.92 Å². The van der Waals surface area contributed by atoms with Crippen molar-refractivity contribution in [3.8, 4) is 16.6 Å². The van der Waals surface area contributed by atoms with E-state index in [1.165, 1.54) is 5.01 Å². The lowest BCUT2D eigenvalue weighted by Gasteiger charge is -2.22. The highest BCUT2D eigenvalue weighted by Gasteiger charge is 2.24. The summed E-state index contributed by atoms with van der Waals surface area (Å²) >= 11 is 1.72. The lowest BCUT2D eigenvalue weighted by atomic mass is 9.83. The summed E-state index contributed by atoms with van der Waals surface area (Å²) in [6, 6.07) is 12.3. The number of hydrogen-bond donors (Lipinski definition) is 1. The fourth-order valence-electron chi connectivity index (χ4n) is 3.44. The van der Waals surface area contributed by atoms with E-state index in [0.717, 1.165) is 53.5 Å².